The van der Waals surface area contributed by atoms with Gasteiger partial charge in [-0.15, -0.1) is 0 Å². The van der Waals surface area contributed by atoms with Crippen LogP contribution in [0.15, 0.2) is 72.8 Å². The van der Waals surface area contributed by atoms with Gasteiger partial charge in [0.25, 0.3) is 0 Å². The fourth-order valence-electron chi connectivity index (χ4n) is 3.05. The molecule has 0 bridgehead atoms. The van der Waals surface area contributed by atoms with Crippen LogP contribution in [-0.4, -0.2) is 0 Å². The van der Waals surface area contributed by atoms with Gasteiger partial charge in [-0.05, 0) is 39.8 Å². The Morgan fingerprint density at radius 3 is 2.11 bits per heavy atom. The second-order valence-corrected chi connectivity index (χ2v) is 5.03. The normalized spacial score (nSPS) is 12.0. The van der Waals surface area contributed by atoms with E-state index in [1.807, 2.05) is 0 Å². The van der Waals surface area contributed by atoms with E-state index in [-0.39, 0.29) is 0 Å². The third kappa shape index (κ3) is 1.61. The number of hydrogen-bond acceptors (Lipinski definition) is 0. The second-order valence-electron chi connectivity index (χ2n) is 5.03. The van der Waals surface area contributed by atoms with E-state index in [0.717, 1.165) is 6.42 Å². The van der Waals surface area contributed by atoms with Gasteiger partial charge >= 0.3 is 0 Å². The Bertz CT molecular complexity index is 739. The second kappa shape index (κ2) is 4.10. The number of benzene rings is 3. The maximum absolute atomic E-state index is 2.24. The van der Waals surface area contributed by atoms with Crippen molar-refractivity contribution in [1.29, 1.82) is 0 Å². The summed E-state index contributed by atoms with van der Waals surface area (Å²) in [5.74, 6) is 0. The highest BCUT2D eigenvalue weighted by Gasteiger charge is 2.20. The maximum Gasteiger partial charge on any atom is -0.000729 e. The van der Waals surface area contributed by atoms with Gasteiger partial charge in [-0.2, -0.15) is 0 Å². The first kappa shape index (κ1) is 10.6. The van der Waals surface area contributed by atoms with Crippen LogP contribution in [0.4, 0.5) is 0 Å². The molecular weight excluding hydrogens is 228 g/mol. The van der Waals surface area contributed by atoms with E-state index in [1.165, 1.54) is 33.4 Å². The van der Waals surface area contributed by atoms with Crippen LogP contribution in [0.2, 0.25) is 0 Å². The van der Waals surface area contributed by atoms with Crippen LogP contribution in [0, 0.1) is 0 Å². The van der Waals surface area contributed by atoms with Gasteiger partial charge in [-0.3, -0.25) is 0 Å². The smallest absolute Gasteiger partial charge is 0.000729 e. The molecule has 0 atom stereocenters. The summed E-state index contributed by atoms with van der Waals surface area (Å²) in [6, 6.07) is 26.1. The fourth-order valence-corrected chi connectivity index (χ4v) is 3.05. The van der Waals surface area contributed by atoms with Crippen LogP contribution in [0.3, 0.4) is 0 Å². The van der Waals surface area contributed by atoms with E-state index in [4.69, 9.17) is 0 Å². The van der Waals surface area contributed by atoms with Crippen molar-refractivity contribution in [1.82, 2.24) is 0 Å². The predicted octanol–water partition coefficient (Wildman–Crippen LogP) is 4.92. The first-order valence-electron chi connectivity index (χ1n) is 6.69. The van der Waals surface area contributed by atoms with Gasteiger partial charge in [0.05, 0.1) is 0 Å². The summed E-state index contributed by atoms with van der Waals surface area (Å²) in [5.41, 5.74) is 8.39. The molecule has 0 amide bonds. The molecule has 19 heavy (non-hydrogen) atoms. The summed E-state index contributed by atoms with van der Waals surface area (Å²) in [4.78, 5) is 0. The van der Waals surface area contributed by atoms with Crippen LogP contribution in [0.25, 0.3) is 22.3 Å². The molecular formula is C19H14. The minimum absolute atomic E-state index is 1.05. The van der Waals surface area contributed by atoms with E-state index >= 15 is 0 Å². The Balaban J connectivity index is 1.95. The number of fused-ring (bicyclic) bond motifs is 3. The summed E-state index contributed by atoms with van der Waals surface area (Å²) in [5, 5.41) is 0. The SMILES string of the molecule is c1ccc(-c2cccc3c2Cc2ccccc2-3)cc1. The fraction of sp³-hybridized carbons (Fsp3) is 0.0526. The number of rotatable bonds is 1. The monoisotopic (exact) mass is 242 g/mol. The highest BCUT2D eigenvalue weighted by molar-refractivity contribution is 5.84. The minimum Gasteiger partial charge on any atom is -0.0622 e. The highest BCUT2D eigenvalue weighted by Crippen LogP contribution is 2.41. The van der Waals surface area contributed by atoms with E-state index in [2.05, 4.69) is 72.8 Å². The molecule has 90 valence electrons. The van der Waals surface area contributed by atoms with Crippen molar-refractivity contribution >= 4 is 0 Å². The lowest BCUT2D eigenvalue weighted by atomic mass is 9.96. The molecule has 1 aliphatic carbocycles. The van der Waals surface area contributed by atoms with Crippen LogP contribution in [0.1, 0.15) is 11.1 Å². The lowest BCUT2D eigenvalue weighted by Gasteiger charge is -2.08. The number of hydrogen-bond donors (Lipinski definition) is 0. The molecule has 0 saturated carbocycles. The molecule has 4 rings (SSSR count). The zero-order valence-corrected chi connectivity index (χ0v) is 10.6. The molecule has 0 nitrogen and oxygen atoms in total. The van der Waals surface area contributed by atoms with E-state index in [9.17, 15) is 0 Å². The highest BCUT2D eigenvalue weighted by atomic mass is 14.2. The molecule has 0 heterocycles. The molecule has 3 aromatic rings. The first-order chi connectivity index (χ1) is 9.43. The Morgan fingerprint density at radius 2 is 1.21 bits per heavy atom. The maximum atomic E-state index is 2.24. The third-order valence-corrected chi connectivity index (χ3v) is 3.94. The largest absolute Gasteiger partial charge is 0.0622 e. The van der Waals surface area contributed by atoms with Crippen molar-refractivity contribution in [3.8, 4) is 22.3 Å². The molecule has 0 saturated heterocycles. The lowest BCUT2D eigenvalue weighted by molar-refractivity contribution is 1.26. The van der Waals surface area contributed by atoms with Gasteiger partial charge in [0.15, 0.2) is 0 Å². The Hall–Kier alpha value is -2.34. The first-order valence-corrected chi connectivity index (χ1v) is 6.69. The van der Waals surface area contributed by atoms with Crippen molar-refractivity contribution in [3.05, 3.63) is 83.9 Å². The molecule has 0 N–H and O–H groups in total. The van der Waals surface area contributed by atoms with Crippen molar-refractivity contribution in [3.63, 3.8) is 0 Å². The topological polar surface area (TPSA) is 0 Å². The van der Waals surface area contributed by atoms with Crippen molar-refractivity contribution < 1.29 is 0 Å². The van der Waals surface area contributed by atoms with Crippen molar-refractivity contribution in [2.24, 2.45) is 0 Å². The minimum atomic E-state index is 1.05. The van der Waals surface area contributed by atoms with Crippen molar-refractivity contribution in [2.45, 2.75) is 6.42 Å². The van der Waals surface area contributed by atoms with Gasteiger partial charge in [-0.25, -0.2) is 0 Å². The summed E-state index contributed by atoms with van der Waals surface area (Å²) >= 11 is 0. The third-order valence-electron chi connectivity index (χ3n) is 3.94. The van der Waals surface area contributed by atoms with Crippen LogP contribution >= 0.6 is 0 Å². The van der Waals surface area contributed by atoms with E-state index in [1.54, 1.807) is 0 Å². The van der Waals surface area contributed by atoms with Gasteiger partial charge < -0.3 is 0 Å². The summed E-state index contributed by atoms with van der Waals surface area (Å²) in [7, 11) is 0. The molecule has 0 fully saturated rings. The summed E-state index contributed by atoms with van der Waals surface area (Å²) < 4.78 is 0. The molecule has 0 unspecified atom stereocenters. The zero-order chi connectivity index (χ0) is 12.7. The summed E-state index contributed by atoms with van der Waals surface area (Å²) in [6.07, 6.45) is 1.05. The van der Waals surface area contributed by atoms with Gasteiger partial charge in [0, 0.05) is 0 Å². The van der Waals surface area contributed by atoms with Gasteiger partial charge in [-0.1, -0.05) is 72.8 Å². The predicted molar refractivity (Wildman–Crippen MR) is 80.1 cm³/mol. The van der Waals surface area contributed by atoms with E-state index < -0.39 is 0 Å². The molecule has 0 aromatic heterocycles. The van der Waals surface area contributed by atoms with Crippen LogP contribution in [0.5, 0.6) is 0 Å². The molecule has 0 heteroatoms. The Morgan fingerprint density at radius 1 is 0.526 bits per heavy atom. The quantitative estimate of drug-likeness (QED) is 0.444. The van der Waals surface area contributed by atoms with Crippen LogP contribution in [-0.2, 0) is 6.42 Å². The molecule has 0 aliphatic heterocycles. The van der Waals surface area contributed by atoms with Gasteiger partial charge in [0.1, 0.15) is 0 Å². The Labute approximate surface area is 113 Å². The van der Waals surface area contributed by atoms with E-state index in [0.29, 0.717) is 0 Å². The van der Waals surface area contributed by atoms with Gasteiger partial charge in [0.2, 0.25) is 0 Å². The van der Waals surface area contributed by atoms with Crippen LogP contribution < -0.4 is 0 Å². The Kier molecular flexibility index (Phi) is 2.28. The van der Waals surface area contributed by atoms with Crippen molar-refractivity contribution in [2.75, 3.05) is 0 Å². The average molecular weight is 242 g/mol. The zero-order valence-electron chi connectivity index (χ0n) is 10.6. The molecule has 0 spiro atoms. The molecule has 3 aromatic carbocycles. The molecule has 0 radical (unpaired) electrons. The summed E-state index contributed by atoms with van der Waals surface area (Å²) in [6.45, 7) is 0. The molecule has 1 aliphatic rings. The standard InChI is InChI=1S/C19H14/c1-2-7-14(8-3-1)16-11-6-12-18-17-10-5-4-9-15(17)13-19(16)18/h1-12H,13H2. The lowest BCUT2D eigenvalue weighted by Crippen LogP contribution is -1.87. The average Bonchev–Trinajstić information content (AvgIpc) is 2.87.